The van der Waals surface area contributed by atoms with Crippen molar-refractivity contribution < 1.29 is 23.9 Å². The second-order valence-corrected chi connectivity index (χ2v) is 5.93. The number of hydrogen-bond donors (Lipinski definition) is 0. The zero-order chi connectivity index (χ0) is 18.4. The number of nitrogens with zero attached hydrogens (tertiary/aromatic N) is 1. The van der Waals surface area contributed by atoms with Crippen LogP contribution in [0.3, 0.4) is 0 Å². The quantitative estimate of drug-likeness (QED) is 0.789. The van der Waals surface area contributed by atoms with Crippen molar-refractivity contribution in [1.82, 2.24) is 0 Å². The van der Waals surface area contributed by atoms with E-state index < -0.39 is 11.6 Å². The standard InChI is InChI=1S/C19H19NO5/c1-5-20-16-9-7-6-8-14(16)19(18(20)23)15(17(22)24-4)10-13(11(2)21)12(3)25-19/h6-10H,5H2,1-4H3. The number of amides is 1. The number of benzene rings is 1. The topological polar surface area (TPSA) is 72.9 Å². The number of rotatable bonds is 3. The summed E-state index contributed by atoms with van der Waals surface area (Å²) in [6, 6.07) is 7.17. The summed E-state index contributed by atoms with van der Waals surface area (Å²) >= 11 is 0. The van der Waals surface area contributed by atoms with Crippen LogP contribution < -0.4 is 4.90 Å². The van der Waals surface area contributed by atoms with Crippen LogP contribution in [-0.2, 0) is 29.5 Å². The highest BCUT2D eigenvalue weighted by Gasteiger charge is 2.59. The fourth-order valence-electron chi connectivity index (χ4n) is 3.44. The number of carbonyl (C=O) groups is 3. The van der Waals surface area contributed by atoms with Crippen LogP contribution in [0.2, 0.25) is 0 Å². The van der Waals surface area contributed by atoms with Gasteiger partial charge in [0, 0.05) is 12.1 Å². The lowest BCUT2D eigenvalue weighted by atomic mass is 9.83. The first-order valence-electron chi connectivity index (χ1n) is 8.01. The summed E-state index contributed by atoms with van der Waals surface area (Å²) in [5.41, 5.74) is -0.0993. The molecule has 130 valence electrons. The molecule has 2 aliphatic heterocycles. The van der Waals surface area contributed by atoms with Crippen molar-refractivity contribution >= 4 is 23.3 Å². The van der Waals surface area contributed by atoms with Gasteiger partial charge in [-0.1, -0.05) is 18.2 Å². The number of carbonyl (C=O) groups excluding carboxylic acids is 3. The third-order valence-electron chi connectivity index (χ3n) is 4.57. The van der Waals surface area contributed by atoms with Gasteiger partial charge >= 0.3 is 5.97 Å². The molecule has 1 aromatic carbocycles. The Morgan fingerprint density at radius 2 is 1.96 bits per heavy atom. The second-order valence-electron chi connectivity index (χ2n) is 5.93. The molecule has 1 amide bonds. The first-order chi connectivity index (χ1) is 11.9. The van der Waals surface area contributed by atoms with Crippen molar-refractivity contribution in [3.8, 4) is 0 Å². The van der Waals surface area contributed by atoms with Gasteiger partial charge in [-0.2, -0.15) is 0 Å². The molecule has 6 nitrogen and oxygen atoms in total. The van der Waals surface area contributed by atoms with E-state index >= 15 is 0 Å². The molecule has 6 heteroatoms. The van der Waals surface area contributed by atoms with E-state index in [9.17, 15) is 14.4 Å². The molecule has 1 aromatic rings. The molecule has 0 aromatic heterocycles. The van der Waals surface area contributed by atoms with Crippen LogP contribution in [0.15, 0.2) is 47.2 Å². The van der Waals surface area contributed by atoms with Gasteiger partial charge in [-0.05, 0) is 32.9 Å². The molecule has 0 fully saturated rings. The van der Waals surface area contributed by atoms with Crippen molar-refractivity contribution in [3.05, 3.63) is 52.8 Å². The Bertz CT molecular complexity index is 851. The summed E-state index contributed by atoms with van der Waals surface area (Å²) in [5, 5.41) is 0. The van der Waals surface area contributed by atoms with Crippen LogP contribution in [0.1, 0.15) is 26.3 Å². The van der Waals surface area contributed by atoms with E-state index in [0.29, 0.717) is 23.6 Å². The molecule has 1 unspecified atom stereocenters. The zero-order valence-corrected chi connectivity index (χ0v) is 14.6. The van der Waals surface area contributed by atoms with Gasteiger partial charge < -0.3 is 14.4 Å². The minimum Gasteiger partial charge on any atom is -0.471 e. The molecule has 0 saturated heterocycles. The fraction of sp³-hybridized carbons (Fsp3) is 0.316. The number of para-hydroxylation sites is 1. The van der Waals surface area contributed by atoms with E-state index in [1.807, 2.05) is 19.1 Å². The number of hydrogen-bond acceptors (Lipinski definition) is 5. The Morgan fingerprint density at radius 3 is 2.56 bits per heavy atom. The Kier molecular flexibility index (Phi) is 3.99. The van der Waals surface area contributed by atoms with Crippen molar-refractivity contribution in [3.63, 3.8) is 0 Å². The molecule has 0 bridgehead atoms. The number of fused-ring (bicyclic) bond motifs is 2. The fourth-order valence-corrected chi connectivity index (χ4v) is 3.44. The number of anilines is 1. The van der Waals surface area contributed by atoms with E-state index in [-0.39, 0.29) is 22.8 Å². The van der Waals surface area contributed by atoms with Gasteiger partial charge in [-0.3, -0.25) is 9.59 Å². The van der Waals surface area contributed by atoms with Crippen molar-refractivity contribution in [2.75, 3.05) is 18.6 Å². The molecule has 3 rings (SSSR count). The first-order valence-corrected chi connectivity index (χ1v) is 8.01. The summed E-state index contributed by atoms with van der Waals surface area (Å²) in [4.78, 5) is 39.2. The lowest BCUT2D eigenvalue weighted by Crippen LogP contribution is -2.47. The minimum absolute atomic E-state index is 0.0131. The van der Waals surface area contributed by atoms with E-state index in [2.05, 4.69) is 0 Å². The number of likely N-dealkylation sites (N-methyl/N-ethyl adjacent to an activating group) is 1. The average Bonchev–Trinajstić information content (AvgIpc) is 2.83. The third-order valence-corrected chi connectivity index (χ3v) is 4.57. The number of methoxy groups -OCH3 is 1. The van der Waals surface area contributed by atoms with Crippen molar-refractivity contribution in [2.45, 2.75) is 26.4 Å². The van der Waals surface area contributed by atoms with Crippen LogP contribution >= 0.6 is 0 Å². The van der Waals surface area contributed by atoms with Crippen LogP contribution in [0.5, 0.6) is 0 Å². The predicted octanol–water partition coefficient (Wildman–Crippen LogP) is 2.24. The summed E-state index contributed by atoms with van der Waals surface area (Å²) in [7, 11) is 1.23. The van der Waals surface area contributed by atoms with Gasteiger partial charge in [0.05, 0.1) is 23.9 Å². The maximum atomic E-state index is 13.3. The maximum absolute atomic E-state index is 13.3. The van der Waals surface area contributed by atoms with Crippen LogP contribution in [0.25, 0.3) is 0 Å². The summed E-state index contributed by atoms with van der Waals surface area (Å²) in [6.45, 7) is 5.28. The van der Waals surface area contributed by atoms with Gasteiger partial charge in [0.2, 0.25) is 5.60 Å². The molecule has 2 heterocycles. The highest BCUT2D eigenvalue weighted by Crippen LogP contribution is 2.50. The molecule has 1 spiro atoms. The average molecular weight is 341 g/mol. The lowest BCUT2D eigenvalue weighted by Gasteiger charge is -2.34. The molecule has 0 radical (unpaired) electrons. The Hall–Kier alpha value is -2.89. The molecule has 2 aliphatic rings. The molecular weight excluding hydrogens is 322 g/mol. The molecule has 1 atom stereocenters. The number of Topliss-reactive ketones (excluding diaryl/α,β-unsaturated/α-hetero) is 1. The van der Waals surface area contributed by atoms with Crippen LogP contribution in [0.4, 0.5) is 5.69 Å². The number of esters is 1. The van der Waals surface area contributed by atoms with E-state index in [0.717, 1.165) is 0 Å². The summed E-state index contributed by atoms with van der Waals surface area (Å²) < 4.78 is 10.9. The minimum atomic E-state index is -1.62. The largest absolute Gasteiger partial charge is 0.471 e. The van der Waals surface area contributed by atoms with Crippen molar-refractivity contribution in [1.29, 1.82) is 0 Å². The number of allylic oxidation sites excluding steroid dienone is 3. The zero-order valence-electron chi connectivity index (χ0n) is 14.6. The maximum Gasteiger partial charge on any atom is 0.338 e. The van der Waals surface area contributed by atoms with Crippen LogP contribution in [-0.4, -0.2) is 31.3 Å². The molecule has 25 heavy (non-hydrogen) atoms. The third kappa shape index (κ3) is 2.21. The molecule has 0 N–H and O–H groups in total. The number of ketones is 1. The van der Waals surface area contributed by atoms with Gasteiger partial charge in [0.25, 0.3) is 5.91 Å². The van der Waals surface area contributed by atoms with Crippen LogP contribution in [0, 0.1) is 0 Å². The Balaban J connectivity index is 2.31. The summed E-state index contributed by atoms with van der Waals surface area (Å²) in [5.74, 6) is -1.01. The van der Waals surface area contributed by atoms with Gasteiger partial charge in [-0.25, -0.2) is 4.79 Å². The molecule has 0 saturated carbocycles. The highest BCUT2D eigenvalue weighted by atomic mass is 16.5. The first kappa shape index (κ1) is 17.0. The van der Waals surface area contributed by atoms with E-state index in [1.165, 1.54) is 20.1 Å². The predicted molar refractivity (Wildman–Crippen MR) is 90.7 cm³/mol. The monoisotopic (exact) mass is 341 g/mol. The normalized spacial score (nSPS) is 21.8. The molecular formula is C19H19NO5. The smallest absolute Gasteiger partial charge is 0.338 e. The van der Waals surface area contributed by atoms with Gasteiger partial charge in [0.15, 0.2) is 5.78 Å². The Labute approximate surface area is 145 Å². The summed E-state index contributed by atoms with van der Waals surface area (Å²) in [6.07, 6.45) is 1.42. The Morgan fingerprint density at radius 1 is 1.28 bits per heavy atom. The molecule has 0 aliphatic carbocycles. The highest BCUT2D eigenvalue weighted by molar-refractivity contribution is 6.15. The SMILES string of the molecule is CCN1C(=O)C2(OC(C)=C(C(C)=O)C=C2C(=O)OC)c2ccccc21. The second kappa shape index (κ2) is 5.88. The van der Waals surface area contributed by atoms with Gasteiger partial charge in [0.1, 0.15) is 5.76 Å². The van der Waals surface area contributed by atoms with E-state index in [1.54, 1.807) is 24.0 Å². The number of ether oxygens (including phenoxy) is 2. The van der Waals surface area contributed by atoms with Crippen molar-refractivity contribution in [2.24, 2.45) is 0 Å². The van der Waals surface area contributed by atoms with E-state index in [4.69, 9.17) is 9.47 Å². The lowest BCUT2D eigenvalue weighted by molar-refractivity contribution is -0.146. The van der Waals surface area contributed by atoms with Gasteiger partial charge in [-0.15, -0.1) is 0 Å².